The van der Waals surface area contributed by atoms with E-state index in [9.17, 15) is 0 Å². The second-order valence-electron chi connectivity index (χ2n) is 0.742. The molecule has 5 nitrogen and oxygen atoms in total. The number of carbonyl (C=O) groups is 1. The molecule has 8 heavy (non-hydrogen) atoms. The average Bonchev–Trinajstić information content (AvgIpc) is 1.25. The summed E-state index contributed by atoms with van der Waals surface area (Å²) in [6, 6.07) is 0. The summed E-state index contributed by atoms with van der Waals surface area (Å²) in [5.74, 6) is -1.08. The highest BCUT2D eigenvalue weighted by molar-refractivity contribution is 6.17. The Labute approximate surface area is 47.1 Å². The van der Waals surface area contributed by atoms with Gasteiger partial charge in [0.1, 0.15) is 0 Å². The predicted molar refractivity (Wildman–Crippen MR) is 17.1 cm³/mol. The van der Waals surface area contributed by atoms with Gasteiger partial charge in [0, 0.05) is 15.1 Å². The summed E-state index contributed by atoms with van der Waals surface area (Å²) in [6.07, 6.45) is 0. The topological polar surface area (TPSA) is 103 Å². The van der Waals surface area contributed by atoms with Crippen LogP contribution in [-0.4, -0.2) is 15.1 Å². The molecule has 0 aliphatic carbocycles. The van der Waals surface area contributed by atoms with Crippen molar-refractivity contribution >= 4 is 15.1 Å². The number of carbonyl (C=O) groups excluding carboxylic acids is 1. The number of hydrogen-bond acceptors (Lipinski definition) is 5. The van der Waals surface area contributed by atoms with Gasteiger partial charge >= 0.3 is 0 Å². The molecule has 0 N–H and O–H groups in total. The maximum absolute atomic E-state index is 8.89. The molecule has 6 heteroatoms. The highest BCUT2D eigenvalue weighted by Crippen LogP contribution is 1.31. The minimum absolute atomic E-state index is 0.972. The van der Waals surface area contributed by atoms with Crippen LogP contribution >= 0.6 is 0 Å². The van der Waals surface area contributed by atoms with Crippen LogP contribution in [0, 0.1) is 0 Å². The lowest BCUT2D eigenvalue weighted by molar-refractivity contribution is -0.354. The molecule has 0 aliphatic rings. The Hall–Kier alpha value is -0.913. The van der Waals surface area contributed by atoms with Gasteiger partial charge in [-0.3, -0.25) is 0 Å². The molecule has 0 saturated carbocycles. The van der Waals surface area contributed by atoms with Crippen molar-refractivity contribution in [1.29, 1.82) is 0 Å². The van der Waals surface area contributed by atoms with Crippen LogP contribution in [0.25, 0.3) is 0 Å². The fourth-order valence-electron chi connectivity index (χ4n) is 0. The molecule has 0 amide bonds. The zero-order chi connectivity index (χ0) is 7.15. The van der Waals surface area contributed by atoms with E-state index in [1.54, 1.807) is 0 Å². The second-order valence-corrected chi connectivity index (χ2v) is 1.24. The van der Waals surface area contributed by atoms with Crippen molar-refractivity contribution in [2.24, 2.45) is 0 Å². The fraction of sp³-hybridized carbons (Fsp3) is 0.500. The molecule has 48 valence electrons. The van der Waals surface area contributed by atoms with Crippen LogP contribution in [0.4, 0.5) is 0 Å². The lowest BCUT2D eigenvalue weighted by Gasteiger charge is -1.94. The molecule has 0 radical (unpaired) electrons. The van der Waals surface area contributed by atoms with Gasteiger partial charge in [-0.2, -0.15) is 0 Å². The Kier molecular flexibility index (Phi) is 7.72. The number of carboxylic acids is 1. The van der Waals surface area contributed by atoms with Gasteiger partial charge in [-0.25, -0.2) is 0 Å². The summed E-state index contributed by atoms with van der Waals surface area (Å²) < 4.78 is 8.52. The van der Waals surface area contributed by atoms with E-state index in [0.717, 1.165) is 6.92 Å². The normalized spacial score (nSPS) is 6.12. The van der Waals surface area contributed by atoms with Crippen molar-refractivity contribution in [2.75, 3.05) is 0 Å². The summed E-state index contributed by atoms with van der Waals surface area (Å²) in [5, 5.41) is 8.89. The van der Waals surface area contributed by atoms with Crippen molar-refractivity contribution in [2.45, 2.75) is 6.92 Å². The van der Waals surface area contributed by atoms with Crippen molar-refractivity contribution in [1.82, 2.24) is 0 Å². The van der Waals surface area contributed by atoms with Crippen LogP contribution in [0.1, 0.15) is 6.92 Å². The average molecular weight is 135 g/mol. The summed E-state index contributed by atoms with van der Waals surface area (Å²) in [7, 11) is -3.63. The maximum atomic E-state index is 8.89. The minimum Gasteiger partial charge on any atom is -0.672 e. The lowest BCUT2D eigenvalue weighted by atomic mass is 10.9. The van der Waals surface area contributed by atoms with E-state index in [4.69, 9.17) is 24.0 Å². The van der Waals surface area contributed by atoms with Crippen molar-refractivity contribution < 1.29 is 24.0 Å². The van der Waals surface area contributed by atoms with Gasteiger partial charge in [-0.05, 0) is 6.92 Å². The first-order valence-electron chi connectivity index (χ1n) is 1.52. The smallest absolute Gasteiger partial charge is 0.0383 e. The van der Waals surface area contributed by atoms with E-state index in [-0.39, 0.29) is 0 Å². The molecule has 0 heterocycles. The molecular formula is C2H3O5Si-3. The Balaban J connectivity index is 0. The molecule has 0 bridgehead atoms. The Morgan fingerprint density at radius 2 is 1.50 bits per heavy atom. The standard InChI is InChI=1S/C2H4O2.O3Si/c1-2(3)4;1-4(2)3/h1H3,(H,3,4);/q;-2/p-1. The van der Waals surface area contributed by atoms with Crippen molar-refractivity contribution in [3.05, 3.63) is 0 Å². The van der Waals surface area contributed by atoms with Gasteiger partial charge < -0.3 is 24.0 Å². The molecule has 0 aromatic carbocycles. The van der Waals surface area contributed by atoms with Gasteiger partial charge in [-0.15, -0.1) is 0 Å². The molecule has 0 unspecified atom stereocenters. The lowest BCUT2D eigenvalue weighted by Crippen LogP contribution is -2.34. The number of hydrogen-bond donors (Lipinski definition) is 0. The van der Waals surface area contributed by atoms with Gasteiger partial charge in [0.05, 0.1) is 0 Å². The van der Waals surface area contributed by atoms with E-state index in [2.05, 4.69) is 0 Å². The van der Waals surface area contributed by atoms with Gasteiger partial charge in [-0.1, -0.05) is 0 Å². The number of rotatable bonds is 0. The van der Waals surface area contributed by atoms with Gasteiger partial charge in [0.2, 0.25) is 0 Å². The highest BCUT2D eigenvalue weighted by Gasteiger charge is 1.46. The zero-order valence-corrected chi connectivity index (χ0v) is 5.04. The molecule has 0 rings (SSSR count). The maximum Gasteiger partial charge on any atom is 0.0383 e. The van der Waals surface area contributed by atoms with Crippen LogP contribution in [0.15, 0.2) is 0 Å². The summed E-state index contributed by atoms with van der Waals surface area (Å²) in [4.78, 5) is 25.9. The highest BCUT2D eigenvalue weighted by atomic mass is 28.3. The minimum atomic E-state index is -3.63. The zero-order valence-electron chi connectivity index (χ0n) is 4.04. The second kappa shape index (κ2) is 6.09. The Morgan fingerprint density at radius 1 is 1.50 bits per heavy atom. The summed E-state index contributed by atoms with van der Waals surface area (Å²) >= 11 is 0. The number of carboxylic acid groups (broad SMARTS) is 1. The Morgan fingerprint density at radius 3 is 1.50 bits per heavy atom. The van der Waals surface area contributed by atoms with Gasteiger partial charge in [0.15, 0.2) is 0 Å². The summed E-state index contributed by atoms with van der Waals surface area (Å²) in [5.41, 5.74) is 0. The van der Waals surface area contributed by atoms with E-state index in [1.165, 1.54) is 0 Å². The molecule has 0 saturated heterocycles. The van der Waals surface area contributed by atoms with E-state index >= 15 is 0 Å². The molecular weight excluding hydrogens is 132 g/mol. The first-order chi connectivity index (χ1) is 3.46. The predicted octanol–water partition coefficient (Wildman–Crippen LogP) is -4.12. The first-order valence-corrected chi connectivity index (χ1v) is 2.75. The largest absolute Gasteiger partial charge is 0.672 e. The molecule has 0 aliphatic heterocycles. The van der Waals surface area contributed by atoms with Crippen LogP contribution < -0.4 is 14.7 Å². The van der Waals surface area contributed by atoms with E-state index < -0.39 is 15.1 Å². The molecule has 0 fully saturated rings. The van der Waals surface area contributed by atoms with Crippen molar-refractivity contribution in [3.8, 4) is 0 Å². The third kappa shape index (κ3) is 102. The van der Waals surface area contributed by atoms with E-state index in [0.29, 0.717) is 0 Å². The van der Waals surface area contributed by atoms with E-state index in [1.807, 2.05) is 0 Å². The molecule has 0 spiro atoms. The summed E-state index contributed by atoms with van der Waals surface area (Å²) in [6.45, 7) is 0.972. The van der Waals surface area contributed by atoms with Gasteiger partial charge in [0.25, 0.3) is 0 Å². The van der Waals surface area contributed by atoms with Crippen molar-refractivity contribution in [3.63, 3.8) is 0 Å². The SMILES string of the molecule is CC(=O)[O-].O=[Si]([O-])[O-]. The third-order valence-corrected chi connectivity index (χ3v) is 0. The molecule has 0 aromatic heterocycles. The molecule has 0 atom stereocenters. The van der Waals surface area contributed by atoms with Crippen LogP contribution in [-0.2, 0) is 9.26 Å². The Bertz CT molecular complexity index is 68.4. The quantitative estimate of drug-likeness (QED) is 0.314. The fourth-order valence-corrected chi connectivity index (χ4v) is 0. The number of aliphatic carboxylic acids is 1. The van der Waals surface area contributed by atoms with Crippen LogP contribution in [0.2, 0.25) is 0 Å². The van der Waals surface area contributed by atoms with Crippen LogP contribution in [0.3, 0.4) is 0 Å². The molecule has 0 aromatic rings. The third-order valence-electron chi connectivity index (χ3n) is 0. The first kappa shape index (κ1) is 10.1. The monoisotopic (exact) mass is 135 g/mol. The van der Waals surface area contributed by atoms with Crippen LogP contribution in [0.5, 0.6) is 0 Å².